The number of thiazole rings is 1. The standard InChI is InChI=1S/C32H31N3O8S/c1-7-41-31(37)28-19(5)33-32-34(29(28)20-8-12-25(42-17(2)3)26(15-20)40-6)30(36)27(44-32)16-22-10-13-24(43-22)23-11-9-21(35(38)39)14-18(23)4/h8-17,29H,7H2,1-6H3/b27-16+/t29-/m1/s1. The Morgan fingerprint density at radius 1 is 1.16 bits per heavy atom. The molecule has 0 amide bonds. The van der Waals surface area contributed by atoms with Crippen LogP contribution < -0.4 is 24.4 Å². The number of furan rings is 1. The van der Waals surface area contributed by atoms with E-state index in [1.54, 1.807) is 63.2 Å². The minimum Gasteiger partial charge on any atom is -0.493 e. The van der Waals surface area contributed by atoms with Crippen LogP contribution in [0.1, 0.15) is 50.6 Å². The second kappa shape index (κ2) is 12.3. The number of esters is 1. The molecule has 1 aliphatic heterocycles. The van der Waals surface area contributed by atoms with E-state index in [9.17, 15) is 19.7 Å². The molecule has 11 nitrogen and oxygen atoms in total. The zero-order valence-corrected chi connectivity index (χ0v) is 25.9. The van der Waals surface area contributed by atoms with E-state index >= 15 is 0 Å². The van der Waals surface area contributed by atoms with Gasteiger partial charge in [0.25, 0.3) is 11.2 Å². The van der Waals surface area contributed by atoms with Gasteiger partial charge in [0, 0.05) is 23.8 Å². The van der Waals surface area contributed by atoms with Crippen molar-refractivity contribution in [3.63, 3.8) is 0 Å². The smallest absolute Gasteiger partial charge is 0.338 e. The molecule has 0 saturated heterocycles. The molecule has 5 rings (SSSR count). The molecular formula is C32H31N3O8S. The van der Waals surface area contributed by atoms with E-state index in [-0.39, 0.29) is 29.5 Å². The Kier molecular flexibility index (Phi) is 8.54. The normalized spacial score (nSPS) is 14.8. The van der Waals surface area contributed by atoms with Crippen LogP contribution in [-0.4, -0.2) is 35.3 Å². The highest BCUT2D eigenvalue weighted by Gasteiger charge is 2.34. The van der Waals surface area contributed by atoms with Crippen LogP contribution in [-0.2, 0) is 9.53 Å². The maximum Gasteiger partial charge on any atom is 0.338 e. The Morgan fingerprint density at radius 2 is 1.93 bits per heavy atom. The van der Waals surface area contributed by atoms with Gasteiger partial charge in [0.05, 0.1) is 46.6 Å². The molecule has 44 heavy (non-hydrogen) atoms. The number of carbonyl (C=O) groups excluding carboxylic acids is 1. The Balaban J connectivity index is 1.62. The fraction of sp³-hybridized carbons (Fsp3) is 0.281. The highest BCUT2D eigenvalue weighted by atomic mass is 32.1. The Labute approximate surface area is 256 Å². The van der Waals surface area contributed by atoms with Crippen LogP contribution in [0.25, 0.3) is 17.4 Å². The predicted octanol–water partition coefficient (Wildman–Crippen LogP) is 5.07. The van der Waals surface area contributed by atoms with Gasteiger partial charge in [-0.25, -0.2) is 9.79 Å². The molecule has 1 atom stereocenters. The molecule has 0 radical (unpaired) electrons. The fourth-order valence-electron chi connectivity index (χ4n) is 5.05. The van der Waals surface area contributed by atoms with Crippen LogP contribution in [0.4, 0.5) is 5.69 Å². The number of rotatable bonds is 9. The number of nitro groups is 1. The first-order chi connectivity index (χ1) is 21.0. The number of nitro benzene ring substituents is 1. The summed E-state index contributed by atoms with van der Waals surface area (Å²) in [5.74, 6) is 1.35. The zero-order chi connectivity index (χ0) is 31.7. The molecule has 0 fully saturated rings. The minimum atomic E-state index is -0.829. The number of hydrogen-bond donors (Lipinski definition) is 0. The highest BCUT2D eigenvalue weighted by Crippen LogP contribution is 2.36. The third kappa shape index (κ3) is 5.80. The summed E-state index contributed by atoms with van der Waals surface area (Å²) in [6.07, 6.45) is 1.53. The number of aromatic nitrogens is 1. The van der Waals surface area contributed by atoms with Crippen molar-refractivity contribution < 1.29 is 28.3 Å². The molecule has 0 aliphatic carbocycles. The summed E-state index contributed by atoms with van der Waals surface area (Å²) < 4.78 is 24.7. The number of carbonyl (C=O) groups is 1. The molecule has 3 heterocycles. The number of methoxy groups -OCH3 is 1. The fourth-order valence-corrected chi connectivity index (χ4v) is 6.08. The van der Waals surface area contributed by atoms with E-state index in [4.69, 9.17) is 18.6 Å². The van der Waals surface area contributed by atoms with Crippen LogP contribution in [0.15, 0.2) is 74.0 Å². The summed E-state index contributed by atoms with van der Waals surface area (Å²) in [7, 11) is 1.53. The first-order valence-corrected chi connectivity index (χ1v) is 14.7. The van der Waals surface area contributed by atoms with E-state index in [0.717, 1.165) is 0 Å². The monoisotopic (exact) mass is 617 g/mol. The van der Waals surface area contributed by atoms with Crippen LogP contribution >= 0.6 is 11.3 Å². The van der Waals surface area contributed by atoms with Crippen molar-refractivity contribution >= 4 is 29.1 Å². The molecule has 0 bridgehead atoms. The van der Waals surface area contributed by atoms with Crippen LogP contribution in [0.3, 0.4) is 0 Å². The van der Waals surface area contributed by atoms with Crippen LogP contribution in [0, 0.1) is 17.0 Å². The van der Waals surface area contributed by atoms with Gasteiger partial charge in [-0.15, -0.1) is 0 Å². The first kappa shape index (κ1) is 30.5. The first-order valence-electron chi connectivity index (χ1n) is 13.9. The van der Waals surface area contributed by atoms with Crippen molar-refractivity contribution in [1.82, 2.24) is 4.57 Å². The van der Waals surface area contributed by atoms with Crippen molar-refractivity contribution in [2.75, 3.05) is 13.7 Å². The van der Waals surface area contributed by atoms with Crippen LogP contribution in [0.5, 0.6) is 11.5 Å². The van der Waals surface area contributed by atoms with Gasteiger partial charge in [0.15, 0.2) is 16.3 Å². The Bertz CT molecular complexity index is 1980. The number of nitrogens with zero attached hydrogens (tertiary/aromatic N) is 3. The van der Waals surface area contributed by atoms with Crippen molar-refractivity contribution in [2.24, 2.45) is 4.99 Å². The summed E-state index contributed by atoms with van der Waals surface area (Å²) in [5.41, 5.74) is 2.32. The lowest BCUT2D eigenvalue weighted by Gasteiger charge is -2.25. The van der Waals surface area contributed by atoms with Gasteiger partial charge < -0.3 is 18.6 Å². The van der Waals surface area contributed by atoms with Crippen molar-refractivity contribution in [1.29, 1.82) is 0 Å². The zero-order valence-electron chi connectivity index (χ0n) is 25.1. The summed E-state index contributed by atoms with van der Waals surface area (Å²) in [5, 5.41) is 11.1. The van der Waals surface area contributed by atoms with Gasteiger partial charge in [0.2, 0.25) is 0 Å². The van der Waals surface area contributed by atoms with E-state index < -0.39 is 16.9 Å². The van der Waals surface area contributed by atoms with Gasteiger partial charge in [-0.1, -0.05) is 17.4 Å². The van der Waals surface area contributed by atoms with E-state index in [1.807, 2.05) is 13.8 Å². The maximum absolute atomic E-state index is 14.0. The average Bonchev–Trinajstić information content (AvgIpc) is 3.56. The SMILES string of the molecule is CCOC(=O)C1=C(C)N=c2s/c(=C/c3ccc(-c4ccc([N+](=O)[O-])cc4C)o3)c(=O)n2[C@@H]1c1ccc(OC(C)C)c(OC)c1. The quantitative estimate of drug-likeness (QED) is 0.144. The van der Waals surface area contributed by atoms with Gasteiger partial charge in [-0.3, -0.25) is 19.5 Å². The topological polar surface area (TPSA) is 135 Å². The Hall–Kier alpha value is -4.97. The van der Waals surface area contributed by atoms with E-state index in [1.165, 1.54) is 35.1 Å². The van der Waals surface area contributed by atoms with Crippen molar-refractivity contribution in [3.05, 3.63) is 106 Å². The lowest BCUT2D eigenvalue weighted by molar-refractivity contribution is -0.384. The van der Waals surface area contributed by atoms with Crippen molar-refractivity contribution in [2.45, 2.75) is 46.8 Å². The maximum atomic E-state index is 14.0. The summed E-state index contributed by atoms with van der Waals surface area (Å²) in [6.45, 7) is 9.18. The summed E-state index contributed by atoms with van der Waals surface area (Å²) in [4.78, 5) is 42.9. The molecule has 4 aromatic rings. The molecule has 0 unspecified atom stereocenters. The molecule has 0 saturated carbocycles. The molecule has 228 valence electrons. The number of ether oxygens (including phenoxy) is 3. The van der Waals surface area contributed by atoms with Gasteiger partial charge in [-0.2, -0.15) is 0 Å². The minimum absolute atomic E-state index is 0.00844. The van der Waals surface area contributed by atoms with Gasteiger partial charge >= 0.3 is 5.97 Å². The average molecular weight is 618 g/mol. The molecule has 2 aromatic heterocycles. The van der Waals surface area contributed by atoms with Crippen LogP contribution in [0.2, 0.25) is 0 Å². The number of fused-ring (bicyclic) bond motifs is 1. The lowest BCUT2D eigenvalue weighted by Crippen LogP contribution is -2.40. The van der Waals surface area contributed by atoms with Gasteiger partial charge in [-0.05, 0) is 76.1 Å². The molecule has 0 spiro atoms. The summed E-state index contributed by atoms with van der Waals surface area (Å²) >= 11 is 1.17. The number of hydrogen-bond acceptors (Lipinski definition) is 10. The number of aryl methyl sites for hydroxylation is 1. The van der Waals surface area contributed by atoms with E-state index in [2.05, 4.69) is 4.99 Å². The lowest BCUT2D eigenvalue weighted by atomic mass is 9.95. The molecule has 0 N–H and O–H groups in total. The predicted molar refractivity (Wildman–Crippen MR) is 165 cm³/mol. The van der Waals surface area contributed by atoms with Gasteiger partial charge in [0.1, 0.15) is 11.5 Å². The molecule has 12 heteroatoms. The third-order valence-corrected chi connectivity index (χ3v) is 7.95. The van der Waals surface area contributed by atoms with E-state index in [0.29, 0.717) is 54.7 Å². The van der Waals surface area contributed by atoms with Crippen molar-refractivity contribution in [3.8, 4) is 22.8 Å². The molecule has 1 aliphatic rings. The number of allylic oxidation sites excluding steroid dienone is 1. The number of non-ortho nitro benzene ring substituents is 1. The highest BCUT2D eigenvalue weighted by molar-refractivity contribution is 7.07. The Morgan fingerprint density at radius 3 is 2.59 bits per heavy atom. The second-order valence-electron chi connectivity index (χ2n) is 10.3. The second-order valence-corrected chi connectivity index (χ2v) is 11.3. The largest absolute Gasteiger partial charge is 0.493 e. The number of benzene rings is 2. The summed E-state index contributed by atoms with van der Waals surface area (Å²) in [6, 6.07) is 12.5. The third-order valence-electron chi connectivity index (χ3n) is 6.97. The molecular weight excluding hydrogens is 586 g/mol. The molecule has 2 aromatic carbocycles.